The highest BCUT2D eigenvalue weighted by Gasteiger charge is 2.26. The summed E-state index contributed by atoms with van der Waals surface area (Å²) in [5.41, 5.74) is 2.24. The molecule has 1 aromatic heterocycles. The van der Waals surface area contributed by atoms with Gasteiger partial charge in [0.2, 0.25) is 0 Å². The van der Waals surface area contributed by atoms with Gasteiger partial charge in [0, 0.05) is 25.1 Å². The van der Waals surface area contributed by atoms with Crippen LogP contribution in [-0.2, 0) is 27.2 Å². The first-order chi connectivity index (χ1) is 13.7. The Bertz CT molecular complexity index is 807. The number of carbonyl (C=O) groups is 2. The van der Waals surface area contributed by atoms with E-state index in [2.05, 4.69) is 10.3 Å². The second-order valence-electron chi connectivity index (χ2n) is 6.92. The van der Waals surface area contributed by atoms with E-state index in [1.165, 1.54) is 7.11 Å². The maximum atomic E-state index is 12.3. The van der Waals surface area contributed by atoms with E-state index >= 15 is 0 Å². The summed E-state index contributed by atoms with van der Waals surface area (Å²) in [5, 5.41) is 3.25. The molecule has 1 aliphatic carbocycles. The van der Waals surface area contributed by atoms with Gasteiger partial charge in [0.15, 0.2) is 0 Å². The van der Waals surface area contributed by atoms with E-state index in [9.17, 15) is 9.59 Å². The molecule has 0 spiro atoms. The number of nitrogens with one attached hydrogen (secondary N) is 1. The number of hydrogen-bond donors (Lipinski definition) is 1. The molecule has 1 atom stereocenters. The molecule has 148 valence electrons. The zero-order chi connectivity index (χ0) is 19.8. The van der Waals surface area contributed by atoms with Crippen LogP contribution < -0.4 is 10.1 Å². The van der Waals surface area contributed by atoms with Crippen molar-refractivity contribution in [1.82, 2.24) is 4.98 Å². The van der Waals surface area contributed by atoms with Crippen molar-refractivity contribution in [1.29, 1.82) is 0 Å². The first kappa shape index (κ1) is 19.9. The number of Topliss-reactive ketones (excluding diaryl/α,β-unsaturated/α-hetero) is 1. The summed E-state index contributed by atoms with van der Waals surface area (Å²) in [6, 6.07) is 11.7. The number of fused-ring (bicyclic) bond motifs is 1. The summed E-state index contributed by atoms with van der Waals surface area (Å²) in [6.45, 7) is 1.38. The van der Waals surface area contributed by atoms with Gasteiger partial charge in [-0.1, -0.05) is 12.1 Å². The van der Waals surface area contributed by atoms with E-state index in [1.807, 2.05) is 36.4 Å². The van der Waals surface area contributed by atoms with Crippen LogP contribution in [0.15, 0.2) is 42.6 Å². The first-order valence-electron chi connectivity index (χ1n) is 9.64. The number of rotatable bonds is 8. The molecule has 1 N–H and O–H groups in total. The van der Waals surface area contributed by atoms with Gasteiger partial charge < -0.3 is 14.8 Å². The van der Waals surface area contributed by atoms with Gasteiger partial charge in [0.05, 0.1) is 20.1 Å². The van der Waals surface area contributed by atoms with Crippen LogP contribution in [0.3, 0.4) is 0 Å². The summed E-state index contributed by atoms with van der Waals surface area (Å²) >= 11 is 0. The molecule has 0 aliphatic heterocycles. The molecule has 0 fully saturated rings. The number of aromatic nitrogens is 1. The van der Waals surface area contributed by atoms with Crippen LogP contribution in [0.4, 0.5) is 5.82 Å². The third-order valence-corrected chi connectivity index (χ3v) is 4.94. The van der Waals surface area contributed by atoms with Gasteiger partial charge in [-0.25, -0.2) is 4.98 Å². The van der Waals surface area contributed by atoms with Crippen molar-refractivity contribution in [3.8, 4) is 5.75 Å². The molecule has 3 rings (SSSR count). The number of pyridine rings is 1. The highest BCUT2D eigenvalue weighted by Crippen LogP contribution is 2.28. The fraction of sp³-hybridized carbons (Fsp3) is 0.409. The summed E-state index contributed by atoms with van der Waals surface area (Å²) < 4.78 is 10.6. The number of nitrogens with zero attached hydrogens (tertiary/aromatic N) is 1. The SMILES string of the molecule is COC(=O)CC1Cc2ccc(OCCCNc3ccccn3)cc2CCC1=O. The second kappa shape index (κ2) is 9.88. The molecule has 0 amide bonds. The number of methoxy groups -OCH3 is 1. The number of esters is 1. The smallest absolute Gasteiger partial charge is 0.306 e. The largest absolute Gasteiger partial charge is 0.494 e. The normalized spacial score (nSPS) is 16.0. The molecule has 1 aliphatic rings. The predicted octanol–water partition coefficient (Wildman–Crippen LogP) is 3.20. The van der Waals surface area contributed by atoms with Crippen molar-refractivity contribution in [2.45, 2.75) is 32.1 Å². The first-order valence-corrected chi connectivity index (χ1v) is 9.64. The topological polar surface area (TPSA) is 77.5 Å². The molecule has 1 unspecified atom stereocenters. The molecule has 0 bridgehead atoms. The van der Waals surface area contributed by atoms with Crippen LogP contribution in [0.1, 0.15) is 30.4 Å². The molecule has 1 heterocycles. The van der Waals surface area contributed by atoms with Gasteiger partial charge in [-0.2, -0.15) is 0 Å². The number of anilines is 1. The fourth-order valence-corrected chi connectivity index (χ4v) is 3.38. The number of hydrogen-bond acceptors (Lipinski definition) is 6. The average Bonchev–Trinajstić information content (AvgIpc) is 2.87. The van der Waals surface area contributed by atoms with Gasteiger partial charge in [0.25, 0.3) is 0 Å². The van der Waals surface area contributed by atoms with Crippen molar-refractivity contribution in [2.75, 3.05) is 25.6 Å². The van der Waals surface area contributed by atoms with Gasteiger partial charge in [-0.3, -0.25) is 9.59 Å². The van der Waals surface area contributed by atoms with E-state index in [0.29, 0.717) is 25.9 Å². The quantitative estimate of drug-likeness (QED) is 0.429. The number of ketones is 1. The molecule has 6 nitrogen and oxygen atoms in total. The highest BCUT2D eigenvalue weighted by atomic mass is 16.5. The molecule has 1 aromatic carbocycles. The lowest BCUT2D eigenvalue weighted by atomic mass is 9.93. The van der Waals surface area contributed by atoms with Crippen LogP contribution in [0.25, 0.3) is 0 Å². The van der Waals surface area contributed by atoms with Crippen LogP contribution in [-0.4, -0.2) is 37.0 Å². The van der Waals surface area contributed by atoms with Crippen molar-refractivity contribution in [3.63, 3.8) is 0 Å². The van der Waals surface area contributed by atoms with Crippen molar-refractivity contribution in [3.05, 3.63) is 53.7 Å². The zero-order valence-electron chi connectivity index (χ0n) is 16.1. The minimum absolute atomic E-state index is 0.129. The van der Waals surface area contributed by atoms with Crippen molar-refractivity contribution < 1.29 is 19.1 Å². The second-order valence-corrected chi connectivity index (χ2v) is 6.92. The van der Waals surface area contributed by atoms with E-state index in [0.717, 1.165) is 35.7 Å². The molecule has 0 saturated heterocycles. The standard InChI is InChI=1S/C22H26N2O4/c1-27-22(26)15-18-13-16-6-8-19(14-17(16)7-9-20(18)25)28-12-4-11-24-21-5-2-3-10-23-21/h2-3,5-6,8,10,14,18H,4,7,9,11-13,15H2,1H3,(H,23,24). The van der Waals surface area contributed by atoms with Gasteiger partial charge in [-0.05, 0) is 54.7 Å². The molecular weight excluding hydrogens is 356 g/mol. The van der Waals surface area contributed by atoms with Crippen molar-refractivity contribution in [2.24, 2.45) is 5.92 Å². The number of benzene rings is 1. The van der Waals surface area contributed by atoms with Crippen LogP contribution in [0, 0.1) is 5.92 Å². The maximum absolute atomic E-state index is 12.3. The number of aryl methyl sites for hydroxylation is 1. The van der Waals surface area contributed by atoms with Crippen LogP contribution in [0.5, 0.6) is 5.75 Å². The molecule has 0 saturated carbocycles. The predicted molar refractivity (Wildman–Crippen MR) is 106 cm³/mol. The Morgan fingerprint density at radius 2 is 2.11 bits per heavy atom. The van der Waals surface area contributed by atoms with Crippen molar-refractivity contribution >= 4 is 17.6 Å². The third-order valence-electron chi connectivity index (χ3n) is 4.94. The minimum Gasteiger partial charge on any atom is -0.494 e. The lowest BCUT2D eigenvalue weighted by molar-refractivity contribution is -0.143. The van der Waals surface area contributed by atoms with E-state index < -0.39 is 0 Å². The Balaban J connectivity index is 1.50. The monoisotopic (exact) mass is 382 g/mol. The van der Waals surface area contributed by atoms with Gasteiger partial charge in [0.1, 0.15) is 17.4 Å². The Kier molecular flexibility index (Phi) is 7.00. The summed E-state index contributed by atoms with van der Waals surface area (Å²) in [7, 11) is 1.35. The molecule has 28 heavy (non-hydrogen) atoms. The molecule has 6 heteroatoms. The minimum atomic E-state index is -0.332. The average molecular weight is 382 g/mol. The molecule has 2 aromatic rings. The summed E-state index contributed by atoms with van der Waals surface area (Å²) in [5.74, 6) is 1.18. The van der Waals surface area contributed by atoms with E-state index in [1.54, 1.807) is 6.20 Å². The Morgan fingerprint density at radius 3 is 2.89 bits per heavy atom. The lowest BCUT2D eigenvalue weighted by Crippen LogP contribution is -2.20. The highest BCUT2D eigenvalue weighted by molar-refractivity contribution is 5.86. The summed E-state index contributed by atoms with van der Waals surface area (Å²) in [6.07, 6.45) is 4.48. The van der Waals surface area contributed by atoms with Crippen LogP contribution >= 0.6 is 0 Å². The van der Waals surface area contributed by atoms with Gasteiger partial charge in [-0.15, -0.1) is 0 Å². The van der Waals surface area contributed by atoms with E-state index in [-0.39, 0.29) is 24.1 Å². The third kappa shape index (κ3) is 5.55. The number of carbonyl (C=O) groups excluding carboxylic acids is 2. The molecular formula is C22H26N2O4. The fourth-order valence-electron chi connectivity index (χ4n) is 3.38. The van der Waals surface area contributed by atoms with Gasteiger partial charge >= 0.3 is 5.97 Å². The lowest BCUT2D eigenvalue weighted by Gasteiger charge is -2.13. The number of ether oxygens (including phenoxy) is 2. The Labute approximate surface area is 165 Å². The van der Waals surface area contributed by atoms with E-state index in [4.69, 9.17) is 9.47 Å². The maximum Gasteiger partial charge on any atom is 0.306 e. The molecule has 0 radical (unpaired) electrons. The Hall–Kier alpha value is -2.89. The Morgan fingerprint density at radius 1 is 1.21 bits per heavy atom. The summed E-state index contributed by atoms with van der Waals surface area (Å²) in [4.78, 5) is 28.1. The zero-order valence-corrected chi connectivity index (χ0v) is 16.1. The van der Waals surface area contributed by atoms with Crippen LogP contribution in [0.2, 0.25) is 0 Å².